The predicted molar refractivity (Wildman–Crippen MR) is 56.2 cm³/mol. The van der Waals surface area contributed by atoms with Crippen molar-refractivity contribution >= 4 is 17.5 Å². The maximum Gasteiger partial charge on any atom is 0.224 e. The second-order valence-electron chi connectivity index (χ2n) is 4.36. The van der Waals surface area contributed by atoms with Crippen molar-refractivity contribution < 1.29 is 4.79 Å². The maximum absolute atomic E-state index is 11.6. The Hall–Kier alpha value is -0.280. The Morgan fingerprint density at radius 2 is 2.07 bits per heavy atom. The first-order valence-electron chi connectivity index (χ1n) is 5.37. The van der Waals surface area contributed by atoms with E-state index in [-0.39, 0.29) is 23.4 Å². The molecule has 1 amide bonds. The molecule has 2 aliphatic rings. The number of hydrogen-bond donors (Lipinski definition) is 1. The third kappa shape index (κ3) is 1.89. The normalized spacial score (nSPS) is 39.1. The molecule has 1 saturated heterocycles. The van der Waals surface area contributed by atoms with E-state index >= 15 is 0 Å². The van der Waals surface area contributed by atoms with Crippen LogP contribution in [-0.4, -0.2) is 34.8 Å². The van der Waals surface area contributed by atoms with Crippen molar-refractivity contribution in [2.45, 2.75) is 49.6 Å². The number of hydrogen-bond acceptors (Lipinski definition) is 2. The molecule has 0 radical (unpaired) electrons. The van der Waals surface area contributed by atoms with Crippen molar-refractivity contribution in [3.05, 3.63) is 0 Å². The van der Waals surface area contributed by atoms with Crippen LogP contribution in [0.25, 0.3) is 0 Å². The zero-order valence-corrected chi connectivity index (χ0v) is 9.04. The van der Waals surface area contributed by atoms with Gasteiger partial charge in [0.05, 0.1) is 5.38 Å². The molecule has 0 spiro atoms. The largest absolute Gasteiger partial charge is 0.337 e. The molecule has 2 N–H and O–H groups in total. The van der Waals surface area contributed by atoms with Gasteiger partial charge in [0.25, 0.3) is 0 Å². The van der Waals surface area contributed by atoms with Gasteiger partial charge in [-0.15, -0.1) is 11.6 Å². The molecule has 1 heterocycles. The average Bonchev–Trinajstić information content (AvgIpc) is 2.46. The first kappa shape index (κ1) is 10.2. The lowest BCUT2D eigenvalue weighted by Gasteiger charge is -2.35. The van der Waals surface area contributed by atoms with Crippen LogP contribution in [0.2, 0.25) is 0 Å². The maximum atomic E-state index is 11.6. The molecule has 3 unspecified atom stereocenters. The number of alkyl halides is 1. The number of rotatable bonds is 1. The summed E-state index contributed by atoms with van der Waals surface area (Å²) < 4.78 is 0. The van der Waals surface area contributed by atoms with Crippen molar-refractivity contribution in [2.24, 2.45) is 5.73 Å². The molecule has 0 aromatic carbocycles. The summed E-state index contributed by atoms with van der Waals surface area (Å²) in [5, 5.41) is -0.00312. The molecular formula is C10H17ClN2O. The first-order chi connectivity index (χ1) is 6.68. The van der Waals surface area contributed by atoms with Gasteiger partial charge in [-0.3, -0.25) is 4.79 Å². The summed E-state index contributed by atoms with van der Waals surface area (Å²) in [6.07, 6.45) is 4.97. The van der Waals surface area contributed by atoms with E-state index in [9.17, 15) is 4.79 Å². The van der Waals surface area contributed by atoms with Crippen LogP contribution in [-0.2, 0) is 4.79 Å². The van der Waals surface area contributed by atoms with Crippen LogP contribution < -0.4 is 5.73 Å². The van der Waals surface area contributed by atoms with Gasteiger partial charge in [-0.25, -0.2) is 0 Å². The van der Waals surface area contributed by atoms with Crippen molar-refractivity contribution in [1.29, 1.82) is 0 Å². The van der Waals surface area contributed by atoms with Crippen molar-refractivity contribution in [3.8, 4) is 0 Å². The summed E-state index contributed by atoms with van der Waals surface area (Å²) in [7, 11) is 0. The van der Waals surface area contributed by atoms with Gasteiger partial charge in [-0.2, -0.15) is 0 Å². The molecule has 0 aromatic heterocycles. The lowest BCUT2D eigenvalue weighted by molar-refractivity contribution is -0.130. The number of carbonyl (C=O) groups is 1. The highest BCUT2D eigenvalue weighted by molar-refractivity contribution is 6.22. The first-order valence-corrected chi connectivity index (χ1v) is 5.81. The van der Waals surface area contributed by atoms with Crippen LogP contribution in [0.4, 0.5) is 0 Å². The van der Waals surface area contributed by atoms with Crippen molar-refractivity contribution in [2.75, 3.05) is 6.54 Å². The van der Waals surface area contributed by atoms with E-state index in [4.69, 9.17) is 17.3 Å². The number of amides is 1. The molecule has 4 heteroatoms. The van der Waals surface area contributed by atoms with Gasteiger partial charge in [-0.1, -0.05) is 12.8 Å². The topological polar surface area (TPSA) is 46.3 Å². The van der Waals surface area contributed by atoms with E-state index in [1.54, 1.807) is 0 Å². The molecule has 3 atom stereocenters. The molecule has 14 heavy (non-hydrogen) atoms. The van der Waals surface area contributed by atoms with Crippen molar-refractivity contribution in [1.82, 2.24) is 4.90 Å². The Morgan fingerprint density at radius 3 is 2.64 bits per heavy atom. The lowest BCUT2D eigenvalue weighted by Crippen LogP contribution is -2.50. The average molecular weight is 217 g/mol. The van der Waals surface area contributed by atoms with Gasteiger partial charge in [-0.05, 0) is 12.8 Å². The van der Waals surface area contributed by atoms with E-state index < -0.39 is 0 Å². The number of carbonyl (C=O) groups excluding carboxylic acids is 1. The predicted octanol–water partition coefficient (Wildman–Crippen LogP) is 1.10. The smallest absolute Gasteiger partial charge is 0.224 e. The molecule has 3 nitrogen and oxygen atoms in total. The number of likely N-dealkylation sites (tertiary alicyclic amines) is 1. The Morgan fingerprint density at radius 1 is 1.36 bits per heavy atom. The van der Waals surface area contributed by atoms with E-state index in [0.717, 1.165) is 12.8 Å². The fraction of sp³-hybridized carbons (Fsp3) is 0.900. The molecule has 2 rings (SSSR count). The van der Waals surface area contributed by atoms with Crippen LogP contribution >= 0.6 is 11.6 Å². The molecule has 2 fully saturated rings. The minimum atomic E-state index is -0.00312. The fourth-order valence-electron chi connectivity index (χ4n) is 2.53. The third-order valence-electron chi connectivity index (χ3n) is 3.29. The van der Waals surface area contributed by atoms with Crippen LogP contribution in [0, 0.1) is 0 Å². The number of nitrogens with two attached hydrogens (primary N) is 1. The Bertz CT molecular complexity index is 234. The summed E-state index contributed by atoms with van der Waals surface area (Å²) in [6.45, 7) is 0.693. The molecule has 1 aliphatic heterocycles. The number of halogens is 1. The Kier molecular flexibility index (Phi) is 2.98. The molecule has 1 saturated carbocycles. The van der Waals surface area contributed by atoms with Crippen LogP contribution in [0.15, 0.2) is 0 Å². The van der Waals surface area contributed by atoms with Gasteiger partial charge in [0.2, 0.25) is 5.91 Å². The molecular weight excluding hydrogens is 200 g/mol. The van der Waals surface area contributed by atoms with Gasteiger partial charge >= 0.3 is 0 Å². The Balaban J connectivity index is 2.02. The lowest BCUT2D eigenvalue weighted by atomic mass is 9.90. The van der Waals surface area contributed by atoms with Crippen LogP contribution in [0.5, 0.6) is 0 Å². The summed E-state index contributed by atoms with van der Waals surface area (Å²) in [4.78, 5) is 13.5. The van der Waals surface area contributed by atoms with E-state index in [0.29, 0.717) is 13.0 Å². The highest BCUT2D eigenvalue weighted by atomic mass is 35.5. The standard InChI is InChI=1S/C10H17ClN2O/c11-7-5-10(14)13(6-7)9-4-2-1-3-8(9)12/h7-9H,1-6,12H2. The van der Waals surface area contributed by atoms with Crippen molar-refractivity contribution in [3.63, 3.8) is 0 Å². The quantitative estimate of drug-likeness (QED) is 0.668. The number of nitrogens with zero attached hydrogens (tertiary/aromatic N) is 1. The summed E-state index contributed by atoms with van der Waals surface area (Å²) >= 11 is 5.97. The van der Waals surface area contributed by atoms with Gasteiger partial charge in [0.15, 0.2) is 0 Å². The highest BCUT2D eigenvalue weighted by Crippen LogP contribution is 2.27. The molecule has 1 aliphatic carbocycles. The van der Waals surface area contributed by atoms with Crippen LogP contribution in [0.1, 0.15) is 32.1 Å². The Labute approximate surface area is 89.6 Å². The van der Waals surface area contributed by atoms with Gasteiger partial charge in [0.1, 0.15) is 0 Å². The van der Waals surface area contributed by atoms with E-state index in [1.165, 1.54) is 12.8 Å². The fourth-order valence-corrected chi connectivity index (χ4v) is 2.81. The summed E-state index contributed by atoms with van der Waals surface area (Å²) in [5.41, 5.74) is 6.03. The van der Waals surface area contributed by atoms with Gasteiger partial charge < -0.3 is 10.6 Å². The third-order valence-corrected chi connectivity index (χ3v) is 3.59. The second-order valence-corrected chi connectivity index (χ2v) is 4.98. The SMILES string of the molecule is NC1CCCCC1N1CC(Cl)CC1=O. The van der Waals surface area contributed by atoms with E-state index in [1.807, 2.05) is 4.90 Å². The molecule has 0 bridgehead atoms. The zero-order chi connectivity index (χ0) is 10.1. The summed E-state index contributed by atoms with van der Waals surface area (Å²) in [6, 6.07) is 0.412. The second kappa shape index (κ2) is 4.07. The highest BCUT2D eigenvalue weighted by Gasteiger charge is 2.36. The summed E-state index contributed by atoms with van der Waals surface area (Å²) in [5.74, 6) is 0.187. The van der Waals surface area contributed by atoms with Gasteiger partial charge in [0, 0.05) is 25.0 Å². The molecule has 0 aromatic rings. The minimum Gasteiger partial charge on any atom is -0.337 e. The zero-order valence-electron chi connectivity index (χ0n) is 8.29. The van der Waals surface area contributed by atoms with Crippen LogP contribution in [0.3, 0.4) is 0 Å². The molecule has 80 valence electrons. The minimum absolute atomic E-state index is 0.00312. The van der Waals surface area contributed by atoms with E-state index in [2.05, 4.69) is 0 Å². The monoisotopic (exact) mass is 216 g/mol.